The van der Waals surface area contributed by atoms with Crippen molar-refractivity contribution in [1.29, 1.82) is 0 Å². The van der Waals surface area contributed by atoms with Gasteiger partial charge in [-0.2, -0.15) is 0 Å². The lowest BCUT2D eigenvalue weighted by Crippen LogP contribution is -2.06. The SMILES string of the molecule is C=CCCCOCc1ccoc1CNC. The zero-order valence-corrected chi connectivity index (χ0v) is 9.29. The summed E-state index contributed by atoms with van der Waals surface area (Å²) in [5.41, 5.74) is 1.13. The first kappa shape index (κ1) is 12.0. The van der Waals surface area contributed by atoms with E-state index in [1.807, 2.05) is 19.2 Å². The van der Waals surface area contributed by atoms with Gasteiger partial charge in [0.15, 0.2) is 0 Å². The molecule has 1 aromatic heterocycles. The first-order valence-corrected chi connectivity index (χ1v) is 5.27. The van der Waals surface area contributed by atoms with Gasteiger partial charge in [0.1, 0.15) is 5.76 Å². The summed E-state index contributed by atoms with van der Waals surface area (Å²) in [5.74, 6) is 0.959. The summed E-state index contributed by atoms with van der Waals surface area (Å²) < 4.78 is 10.9. The maximum atomic E-state index is 5.53. The molecule has 0 saturated carbocycles. The molecule has 1 aromatic rings. The van der Waals surface area contributed by atoms with Crippen LogP contribution in [0.3, 0.4) is 0 Å². The molecule has 0 aliphatic carbocycles. The molecule has 1 heterocycles. The number of allylic oxidation sites excluding steroid dienone is 1. The smallest absolute Gasteiger partial charge is 0.123 e. The van der Waals surface area contributed by atoms with Crippen molar-refractivity contribution in [3.05, 3.63) is 36.3 Å². The van der Waals surface area contributed by atoms with Crippen LogP contribution in [0.4, 0.5) is 0 Å². The Balaban J connectivity index is 2.24. The van der Waals surface area contributed by atoms with Gasteiger partial charge in [0.25, 0.3) is 0 Å². The van der Waals surface area contributed by atoms with Gasteiger partial charge >= 0.3 is 0 Å². The highest BCUT2D eigenvalue weighted by Gasteiger charge is 2.04. The number of rotatable bonds is 8. The summed E-state index contributed by atoms with van der Waals surface area (Å²) in [6.07, 6.45) is 5.65. The lowest BCUT2D eigenvalue weighted by atomic mass is 10.2. The Hall–Kier alpha value is -1.06. The lowest BCUT2D eigenvalue weighted by molar-refractivity contribution is 0.118. The molecule has 0 radical (unpaired) electrons. The van der Waals surface area contributed by atoms with Crippen molar-refractivity contribution in [3.63, 3.8) is 0 Å². The second-order valence-corrected chi connectivity index (χ2v) is 3.38. The highest BCUT2D eigenvalue weighted by atomic mass is 16.5. The van der Waals surface area contributed by atoms with Crippen LogP contribution in [0.15, 0.2) is 29.4 Å². The van der Waals surface area contributed by atoms with Gasteiger partial charge in [0, 0.05) is 12.2 Å². The predicted molar refractivity (Wildman–Crippen MR) is 60.6 cm³/mol. The molecule has 84 valence electrons. The molecule has 0 bridgehead atoms. The molecule has 1 rings (SSSR count). The van der Waals surface area contributed by atoms with Crippen molar-refractivity contribution in [2.75, 3.05) is 13.7 Å². The van der Waals surface area contributed by atoms with E-state index in [0.717, 1.165) is 37.3 Å². The van der Waals surface area contributed by atoms with Crippen molar-refractivity contribution >= 4 is 0 Å². The molecule has 0 unspecified atom stereocenters. The largest absolute Gasteiger partial charge is 0.468 e. The van der Waals surface area contributed by atoms with Crippen LogP contribution < -0.4 is 5.32 Å². The van der Waals surface area contributed by atoms with Crippen LogP contribution in [-0.4, -0.2) is 13.7 Å². The van der Waals surface area contributed by atoms with Gasteiger partial charge in [-0.05, 0) is 26.0 Å². The normalized spacial score (nSPS) is 10.5. The van der Waals surface area contributed by atoms with E-state index in [1.165, 1.54) is 0 Å². The van der Waals surface area contributed by atoms with E-state index >= 15 is 0 Å². The van der Waals surface area contributed by atoms with Gasteiger partial charge in [0.05, 0.1) is 19.4 Å². The zero-order chi connectivity index (χ0) is 10.9. The second-order valence-electron chi connectivity index (χ2n) is 3.38. The van der Waals surface area contributed by atoms with Crippen molar-refractivity contribution in [2.24, 2.45) is 0 Å². The van der Waals surface area contributed by atoms with Crippen LogP contribution in [0.2, 0.25) is 0 Å². The van der Waals surface area contributed by atoms with E-state index in [0.29, 0.717) is 6.61 Å². The average Bonchev–Trinajstić information content (AvgIpc) is 2.66. The molecular formula is C12H19NO2. The minimum Gasteiger partial charge on any atom is -0.468 e. The fourth-order valence-electron chi connectivity index (χ4n) is 1.32. The monoisotopic (exact) mass is 209 g/mol. The molecule has 3 nitrogen and oxygen atoms in total. The van der Waals surface area contributed by atoms with Crippen LogP contribution in [0, 0.1) is 0 Å². The minimum atomic E-state index is 0.630. The van der Waals surface area contributed by atoms with Crippen LogP contribution in [0.25, 0.3) is 0 Å². The molecule has 0 amide bonds. The van der Waals surface area contributed by atoms with Crippen LogP contribution in [0.1, 0.15) is 24.2 Å². The van der Waals surface area contributed by atoms with E-state index in [2.05, 4.69) is 11.9 Å². The summed E-state index contributed by atoms with van der Waals surface area (Å²) in [6, 6.07) is 1.96. The molecule has 0 spiro atoms. The Kier molecular flexibility index (Phi) is 5.81. The van der Waals surface area contributed by atoms with Gasteiger partial charge in [-0.3, -0.25) is 0 Å². The Morgan fingerprint density at radius 2 is 2.47 bits per heavy atom. The number of unbranched alkanes of at least 4 members (excludes halogenated alkanes) is 1. The van der Waals surface area contributed by atoms with Gasteiger partial charge in [0.2, 0.25) is 0 Å². The quantitative estimate of drug-likeness (QED) is 0.527. The van der Waals surface area contributed by atoms with E-state index < -0.39 is 0 Å². The molecule has 0 aliphatic heterocycles. The molecule has 3 heteroatoms. The summed E-state index contributed by atoms with van der Waals surface area (Å²) in [4.78, 5) is 0. The van der Waals surface area contributed by atoms with Gasteiger partial charge < -0.3 is 14.5 Å². The molecular weight excluding hydrogens is 190 g/mol. The zero-order valence-electron chi connectivity index (χ0n) is 9.29. The van der Waals surface area contributed by atoms with Crippen LogP contribution in [-0.2, 0) is 17.9 Å². The fourth-order valence-corrected chi connectivity index (χ4v) is 1.32. The molecule has 0 saturated heterocycles. The second kappa shape index (κ2) is 7.26. The average molecular weight is 209 g/mol. The highest BCUT2D eigenvalue weighted by molar-refractivity contribution is 5.15. The molecule has 1 N–H and O–H groups in total. The van der Waals surface area contributed by atoms with Crippen LogP contribution in [0.5, 0.6) is 0 Å². The Morgan fingerprint density at radius 1 is 1.60 bits per heavy atom. The number of furan rings is 1. The number of ether oxygens (including phenoxy) is 1. The number of nitrogens with one attached hydrogen (secondary N) is 1. The summed E-state index contributed by atoms with van der Waals surface area (Å²) in [5, 5.41) is 3.06. The third-order valence-electron chi connectivity index (χ3n) is 2.13. The molecule has 0 aliphatic rings. The topological polar surface area (TPSA) is 34.4 Å². The first-order valence-electron chi connectivity index (χ1n) is 5.27. The van der Waals surface area contributed by atoms with Crippen molar-refractivity contribution in [2.45, 2.75) is 26.0 Å². The van der Waals surface area contributed by atoms with E-state index in [4.69, 9.17) is 9.15 Å². The standard InChI is InChI=1S/C12H19NO2/c1-3-4-5-7-14-10-11-6-8-15-12(11)9-13-2/h3,6,8,13H,1,4-5,7,9-10H2,2H3. The van der Waals surface area contributed by atoms with Crippen molar-refractivity contribution in [3.8, 4) is 0 Å². The molecule has 0 aromatic carbocycles. The lowest BCUT2D eigenvalue weighted by Gasteiger charge is -2.03. The Morgan fingerprint density at radius 3 is 3.20 bits per heavy atom. The van der Waals surface area contributed by atoms with E-state index in [1.54, 1.807) is 6.26 Å². The molecule has 0 fully saturated rings. The van der Waals surface area contributed by atoms with E-state index in [-0.39, 0.29) is 0 Å². The maximum Gasteiger partial charge on any atom is 0.123 e. The van der Waals surface area contributed by atoms with Crippen molar-refractivity contribution < 1.29 is 9.15 Å². The minimum absolute atomic E-state index is 0.630. The predicted octanol–water partition coefficient (Wildman–Crippen LogP) is 2.48. The summed E-state index contributed by atoms with van der Waals surface area (Å²) in [7, 11) is 1.90. The summed E-state index contributed by atoms with van der Waals surface area (Å²) in [6.45, 7) is 5.82. The highest BCUT2D eigenvalue weighted by Crippen LogP contribution is 2.11. The number of hydrogen-bond acceptors (Lipinski definition) is 3. The third kappa shape index (κ3) is 4.32. The van der Waals surface area contributed by atoms with Crippen molar-refractivity contribution in [1.82, 2.24) is 5.32 Å². The van der Waals surface area contributed by atoms with Gasteiger partial charge in [-0.1, -0.05) is 6.08 Å². The third-order valence-corrected chi connectivity index (χ3v) is 2.13. The summed E-state index contributed by atoms with van der Waals surface area (Å²) >= 11 is 0. The van der Waals surface area contributed by atoms with E-state index in [9.17, 15) is 0 Å². The fraction of sp³-hybridized carbons (Fsp3) is 0.500. The Bertz CT molecular complexity index is 281. The molecule has 15 heavy (non-hydrogen) atoms. The van der Waals surface area contributed by atoms with Gasteiger partial charge in [-0.25, -0.2) is 0 Å². The number of hydrogen-bond donors (Lipinski definition) is 1. The Labute approximate surface area is 91.1 Å². The van der Waals surface area contributed by atoms with Crippen LogP contribution >= 0.6 is 0 Å². The van der Waals surface area contributed by atoms with Gasteiger partial charge in [-0.15, -0.1) is 6.58 Å². The first-order chi connectivity index (χ1) is 7.38. The molecule has 0 atom stereocenters. The maximum absolute atomic E-state index is 5.53.